The molecule has 0 spiro atoms. The summed E-state index contributed by atoms with van der Waals surface area (Å²) in [4.78, 5) is 8.78. The maximum Gasteiger partial charge on any atom is 0.309 e. The Morgan fingerprint density at radius 1 is 1.29 bits per heavy atom. The monoisotopic (exact) mass is 439 g/mol. The van der Waals surface area contributed by atoms with Gasteiger partial charge >= 0.3 is 6.01 Å². The van der Waals surface area contributed by atoms with E-state index in [4.69, 9.17) is 4.42 Å². The zero-order valence-electron chi connectivity index (χ0n) is 18.0. The van der Waals surface area contributed by atoms with Crippen molar-refractivity contribution in [2.24, 2.45) is 0 Å². The number of fused-ring (bicyclic) bond motifs is 1. The Morgan fingerprint density at radius 3 is 2.58 bits per heavy atom. The van der Waals surface area contributed by atoms with Crippen LogP contribution in [0.5, 0.6) is 0 Å². The molecule has 0 radical (unpaired) electrons. The lowest BCUT2D eigenvalue weighted by Crippen LogP contribution is -2.31. The standard InChI is InChI=1S/C22H25N5O3S/c1-14-17(12-23)19-21(30-22(24-19)25-31(4,28)29)20(18(14)15-8-6-5-7-9-15)27-11-10-16(13-27)26(2)3/h5-9,16H,10-11,13H2,1-4H3,(H,24,25). The number of likely N-dealkylation sites (N-methyl/N-ethyl adjacent to an activating group) is 1. The second kappa shape index (κ2) is 7.87. The van der Waals surface area contributed by atoms with E-state index in [2.05, 4.69) is 39.7 Å². The Bertz CT molecular complexity index is 1280. The number of nitrogens with zero attached hydrogens (tertiary/aromatic N) is 4. The molecule has 162 valence electrons. The van der Waals surface area contributed by atoms with Crippen LogP contribution in [0.1, 0.15) is 17.5 Å². The predicted molar refractivity (Wildman–Crippen MR) is 122 cm³/mol. The average molecular weight is 440 g/mol. The molecule has 0 saturated carbocycles. The van der Waals surface area contributed by atoms with Gasteiger partial charge in [0.05, 0.1) is 17.5 Å². The molecule has 2 heterocycles. The summed E-state index contributed by atoms with van der Waals surface area (Å²) in [5.41, 5.74) is 4.69. The molecule has 1 aliphatic rings. The highest BCUT2D eigenvalue weighted by Gasteiger charge is 2.32. The molecule has 1 aromatic heterocycles. The third-order valence-corrected chi connectivity index (χ3v) is 6.27. The summed E-state index contributed by atoms with van der Waals surface area (Å²) >= 11 is 0. The first kappa shape index (κ1) is 21.2. The summed E-state index contributed by atoms with van der Waals surface area (Å²) in [6.45, 7) is 3.52. The molecule has 8 nitrogen and oxygen atoms in total. The van der Waals surface area contributed by atoms with Gasteiger partial charge in [-0.1, -0.05) is 30.3 Å². The smallest absolute Gasteiger partial charge is 0.309 e. The van der Waals surface area contributed by atoms with E-state index in [9.17, 15) is 13.7 Å². The third kappa shape index (κ3) is 3.96. The first-order valence-electron chi connectivity index (χ1n) is 10.0. The molecule has 2 aromatic carbocycles. The van der Waals surface area contributed by atoms with Crippen molar-refractivity contribution in [2.45, 2.75) is 19.4 Å². The summed E-state index contributed by atoms with van der Waals surface area (Å²) in [6, 6.07) is 12.4. The van der Waals surface area contributed by atoms with E-state index in [0.717, 1.165) is 48.1 Å². The molecular weight excluding hydrogens is 414 g/mol. The number of nitriles is 1. The van der Waals surface area contributed by atoms with Crippen LogP contribution in [-0.2, 0) is 10.0 Å². The number of rotatable bonds is 5. The fourth-order valence-electron chi connectivity index (χ4n) is 4.21. The maximum absolute atomic E-state index is 11.8. The number of anilines is 2. The Morgan fingerprint density at radius 2 is 2.00 bits per heavy atom. The quantitative estimate of drug-likeness (QED) is 0.651. The Labute approximate surface area is 182 Å². The molecule has 1 N–H and O–H groups in total. The molecule has 1 fully saturated rings. The van der Waals surface area contributed by atoms with Crippen molar-refractivity contribution in [1.29, 1.82) is 5.26 Å². The van der Waals surface area contributed by atoms with E-state index >= 15 is 0 Å². The highest BCUT2D eigenvalue weighted by molar-refractivity contribution is 7.91. The van der Waals surface area contributed by atoms with Crippen LogP contribution in [0.2, 0.25) is 0 Å². The van der Waals surface area contributed by atoms with Gasteiger partial charge in [0.2, 0.25) is 10.0 Å². The number of sulfonamides is 1. The number of aromatic nitrogens is 1. The van der Waals surface area contributed by atoms with Gasteiger partial charge in [-0.25, -0.2) is 13.1 Å². The molecule has 9 heteroatoms. The van der Waals surface area contributed by atoms with Crippen LogP contribution in [-0.4, -0.2) is 57.8 Å². The molecule has 1 aliphatic heterocycles. The predicted octanol–water partition coefficient (Wildman–Crippen LogP) is 3.19. The second-order valence-electron chi connectivity index (χ2n) is 8.12. The lowest BCUT2D eigenvalue weighted by atomic mass is 9.93. The van der Waals surface area contributed by atoms with Crippen molar-refractivity contribution in [3.05, 3.63) is 41.5 Å². The number of nitrogens with one attached hydrogen (secondary N) is 1. The molecule has 1 saturated heterocycles. The molecule has 4 rings (SSSR count). The first-order valence-corrected chi connectivity index (χ1v) is 11.9. The highest BCUT2D eigenvalue weighted by atomic mass is 32.2. The van der Waals surface area contributed by atoms with Gasteiger partial charge in [-0.3, -0.25) is 0 Å². The van der Waals surface area contributed by atoms with Crippen molar-refractivity contribution in [1.82, 2.24) is 9.88 Å². The van der Waals surface area contributed by atoms with E-state index in [0.29, 0.717) is 22.7 Å². The van der Waals surface area contributed by atoms with Gasteiger partial charge in [-0.05, 0) is 38.6 Å². The van der Waals surface area contributed by atoms with Crippen molar-refractivity contribution in [3.63, 3.8) is 0 Å². The van der Waals surface area contributed by atoms with Gasteiger partial charge in [0.15, 0.2) is 5.58 Å². The lowest BCUT2D eigenvalue weighted by molar-refractivity contribution is 0.315. The number of hydrogen-bond donors (Lipinski definition) is 1. The van der Waals surface area contributed by atoms with Crippen molar-refractivity contribution in [2.75, 3.05) is 43.1 Å². The van der Waals surface area contributed by atoms with E-state index in [-0.39, 0.29) is 6.01 Å². The third-order valence-electron chi connectivity index (χ3n) is 5.72. The van der Waals surface area contributed by atoms with Gasteiger partial charge in [0.1, 0.15) is 11.6 Å². The lowest BCUT2D eigenvalue weighted by Gasteiger charge is -2.25. The molecule has 0 aliphatic carbocycles. The van der Waals surface area contributed by atoms with Gasteiger partial charge < -0.3 is 14.2 Å². The second-order valence-corrected chi connectivity index (χ2v) is 9.87. The minimum absolute atomic E-state index is 0.136. The highest BCUT2D eigenvalue weighted by Crippen LogP contribution is 2.44. The van der Waals surface area contributed by atoms with Crippen LogP contribution in [0, 0.1) is 18.3 Å². The van der Waals surface area contributed by atoms with Crippen LogP contribution in [0.3, 0.4) is 0 Å². The van der Waals surface area contributed by atoms with E-state index in [1.54, 1.807) is 0 Å². The van der Waals surface area contributed by atoms with E-state index < -0.39 is 10.0 Å². The van der Waals surface area contributed by atoms with Gasteiger partial charge in [0, 0.05) is 24.7 Å². The van der Waals surface area contributed by atoms with Gasteiger partial charge in [-0.2, -0.15) is 10.2 Å². The van der Waals surface area contributed by atoms with Crippen molar-refractivity contribution >= 4 is 32.8 Å². The van der Waals surface area contributed by atoms with Crippen LogP contribution < -0.4 is 9.62 Å². The Kier molecular flexibility index (Phi) is 5.37. The SMILES string of the molecule is Cc1c(-c2ccccc2)c(N2CCC(N(C)C)C2)c2oc(NS(C)(=O)=O)nc2c1C#N. The minimum Gasteiger partial charge on any atom is -0.421 e. The average Bonchev–Trinajstić information content (AvgIpc) is 3.34. The number of hydrogen-bond acceptors (Lipinski definition) is 7. The van der Waals surface area contributed by atoms with Crippen molar-refractivity contribution in [3.8, 4) is 17.2 Å². The van der Waals surface area contributed by atoms with E-state index in [1.165, 1.54) is 0 Å². The van der Waals surface area contributed by atoms with Crippen LogP contribution in [0.4, 0.5) is 11.7 Å². The fourth-order valence-corrected chi connectivity index (χ4v) is 4.61. The Hall–Kier alpha value is -3.09. The van der Waals surface area contributed by atoms with Crippen molar-refractivity contribution < 1.29 is 12.8 Å². The number of benzene rings is 2. The fraction of sp³-hybridized carbons (Fsp3) is 0.364. The zero-order valence-corrected chi connectivity index (χ0v) is 18.8. The van der Waals surface area contributed by atoms with Crippen LogP contribution in [0.15, 0.2) is 34.7 Å². The summed E-state index contributed by atoms with van der Waals surface area (Å²) in [7, 11) is 0.550. The normalized spacial score (nSPS) is 16.8. The maximum atomic E-state index is 11.8. The first-order chi connectivity index (χ1) is 14.7. The molecule has 0 bridgehead atoms. The van der Waals surface area contributed by atoms with E-state index in [1.807, 2.05) is 37.3 Å². The summed E-state index contributed by atoms with van der Waals surface area (Å²) in [6.07, 6.45) is 2.03. The van der Waals surface area contributed by atoms with Gasteiger partial charge in [-0.15, -0.1) is 0 Å². The molecule has 3 aromatic rings. The molecule has 0 amide bonds. The summed E-state index contributed by atoms with van der Waals surface area (Å²) in [5, 5.41) is 9.91. The number of oxazole rings is 1. The molecule has 1 unspecified atom stereocenters. The van der Waals surface area contributed by atoms with Crippen LogP contribution >= 0.6 is 0 Å². The Balaban J connectivity index is 2.02. The summed E-state index contributed by atoms with van der Waals surface area (Å²) in [5.74, 6) is 0. The zero-order chi connectivity index (χ0) is 22.3. The minimum atomic E-state index is -3.58. The largest absolute Gasteiger partial charge is 0.421 e. The topological polar surface area (TPSA) is 102 Å². The van der Waals surface area contributed by atoms with Crippen LogP contribution in [0.25, 0.3) is 22.2 Å². The van der Waals surface area contributed by atoms with Gasteiger partial charge in [0.25, 0.3) is 0 Å². The summed E-state index contributed by atoms with van der Waals surface area (Å²) < 4.78 is 31.7. The molecule has 31 heavy (non-hydrogen) atoms. The molecular formula is C22H25N5O3S. The molecule has 1 atom stereocenters.